The van der Waals surface area contributed by atoms with Gasteiger partial charge in [-0.15, -0.1) is 0 Å². The second-order valence-electron chi connectivity index (χ2n) is 8.16. The highest BCUT2D eigenvalue weighted by Gasteiger charge is 2.29. The highest BCUT2D eigenvalue weighted by Crippen LogP contribution is 2.32. The highest BCUT2D eigenvalue weighted by molar-refractivity contribution is 9.10. The Bertz CT molecular complexity index is 1050. The van der Waals surface area contributed by atoms with E-state index in [1.165, 1.54) is 31.2 Å². The van der Waals surface area contributed by atoms with E-state index in [9.17, 15) is 8.42 Å². The summed E-state index contributed by atoms with van der Waals surface area (Å²) in [7, 11) is -3.53. The van der Waals surface area contributed by atoms with Crippen molar-refractivity contribution < 1.29 is 8.42 Å². The molecule has 3 nitrogen and oxygen atoms in total. The minimum atomic E-state index is -3.53. The van der Waals surface area contributed by atoms with Gasteiger partial charge in [0.15, 0.2) is 9.84 Å². The van der Waals surface area contributed by atoms with E-state index in [1.54, 1.807) is 24.3 Å². The number of halogens is 1. The van der Waals surface area contributed by atoms with Crippen LogP contribution in [0.4, 0.5) is 0 Å². The highest BCUT2D eigenvalue weighted by atomic mass is 79.9. The van der Waals surface area contributed by atoms with Crippen LogP contribution >= 0.6 is 15.9 Å². The molecule has 3 aromatic carbocycles. The van der Waals surface area contributed by atoms with Crippen LogP contribution in [-0.2, 0) is 22.8 Å². The van der Waals surface area contributed by atoms with Gasteiger partial charge in [0.2, 0.25) is 0 Å². The van der Waals surface area contributed by atoms with Crippen molar-refractivity contribution in [3.8, 4) is 0 Å². The number of rotatable bonds is 12. The van der Waals surface area contributed by atoms with Gasteiger partial charge in [-0.3, -0.25) is 0 Å². The molecule has 32 heavy (non-hydrogen) atoms. The summed E-state index contributed by atoms with van der Waals surface area (Å²) < 4.78 is 28.1. The molecule has 1 atom stereocenters. The van der Waals surface area contributed by atoms with Crippen molar-refractivity contribution >= 4 is 25.8 Å². The second-order valence-corrected chi connectivity index (χ2v) is 11.2. The molecule has 0 heterocycles. The summed E-state index contributed by atoms with van der Waals surface area (Å²) in [5, 5.41) is 2.85. The number of nitrogens with one attached hydrogen (secondary N) is 1. The van der Waals surface area contributed by atoms with Gasteiger partial charge >= 0.3 is 0 Å². The Morgan fingerprint density at radius 1 is 0.812 bits per heavy atom. The van der Waals surface area contributed by atoms with Crippen LogP contribution in [0.15, 0.2) is 88.2 Å². The first-order chi connectivity index (χ1) is 15.5. The van der Waals surface area contributed by atoms with Crippen LogP contribution in [0.1, 0.15) is 54.5 Å². The molecule has 0 saturated carbocycles. The first kappa shape index (κ1) is 24.7. The van der Waals surface area contributed by atoms with Gasteiger partial charge in [-0.1, -0.05) is 96.7 Å². The molecule has 0 aliphatic rings. The van der Waals surface area contributed by atoms with E-state index >= 15 is 0 Å². The number of sulfone groups is 1. The van der Waals surface area contributed by atoms with Gasteiger partial charge in [0.25, 0.3) is 0 Å². The fourth-order valence-electron chi connectivity index (χ4n) is 3.78. The van der Waals surface area contributed by atoms with Gasteiger partial charge in [-0.25, -0.2) is 8.42 Å². The molecule has 0 spiro atoms. The Morgan fingerprint density at radius 3 is 2.12 bits per heavy atom. The van der Waals surface area contributed by atoms with Crippen LogP contribution < -0.4 is 5.32 Å². The zero-order valence-corrected chi connectivity index (χ0v) is 21.0. The predicted molar refractivity (Wildman–Crippen MR) is 137 cm³/mol. The Kier molecular flexibility index (Phi) is 9.51. The van der Waals surface area contributed by atoms with Gasteiger partial charge < -0.3 is 5.32 Å². The van der Waals surface area contributed by atoms with Gasteiger partial charge in [-0.05, 0) is 60.3 Å². The summed E-state index contributed by atoms with van der Waals surface area (Å²) in [5.74, 6) is 0. The average Bonchev–Trinajstić information content (AvgIpc) is 2.82. The molecule has 5 heteroatoms. The van der Waals surface area contributed by atoms with Crippen molar-refractivity contribution in [2.24, 2.45) is 0 Å². The second kappa shape index (κ2) is 12.3. The molecule has 3 rings (SSSR count). The van der Waals surface area contributed by atoms with E-state index < -0.39 is 15.1 Å². The standard InChI is InChI=1S/C27H32BrNO2S/c1-2-3-4-8-19-29-21-23-11-15-24(16-12-23)27(20-22-13-17-25(28)18-14-22)32(30,31)26-9-6-5-7-10-26/h5-7,9-18,27,29H,2-4,8,19-21H2,1H3. The molecule has 0 fully saturated rings. The predicted octanol–water partition coefficient (Wildman–Crippen LogP) is 6.88. The summed E-state index contributed by atoms with van der Waals surface area (Å²) >= 11 is 3.45. The minimum Gasteiger partial charge on any atom is -0.313 e. The molecule has 0 aromatic heterocycles. The van der Waals surface area contributed by atoms with Gasteiger partial charge in [-0.2, -0.15) is 0 Å². The topological polar surface area (TPSA) is 46.2 Å². The molecule has 0 radical (unpaired) electrons. The third-order valence-corrected chi connectivity index (χ3v) is 8.31. The third kappa shape index (κ3) is 7.03. The lowest BCUT2D eigenvalue weighted by Crippen LogP contribution is -2.17. The zero-order valence-electron chi connectivity index (χ0n) is 18.6. The first-order valence-corrected chi connectivity index (χ1v) is 13.7. The Labute approximate surface area is 201 Å². The van der Waals surface area contributed by atoms with E-state index in [-0.39, 0.29) is 0 Å². The fraction of sp³-hybridized carbons (Fsp3) is 0.333. The maximum absolute atomic E-state index is 13.6. The zero-order chi connectivity index (χ0) is 22.8. The lowest BCUT2D eigenvalue weighted by atomic mass is 10.0. The van der Waals surface area contributed by atoms with Gasteiger partial charge in [0, 0.05) is 11.0 Å². The molecule has 170 valence electrons. The van der Waals surface area contributed by atoms with Crippen molar-refractivity contribution in [3.63, 3.8) is 0 Å². The molecule has 0 saturated heterocycles. The molecular formula is C27H32BrNO2S. The monoisotopic (exact) mass is 513 g/mol. The van der Waals surface area contributed by atoms with E-state index in [0.717, 1.165) is 28.7 Å². The molecule has 3 aromatic rings. The summed E-state index contributed by atoms with van der Waals surface area (Å²) in [6.07, 6.45) is 5.41. The normalized spacial score (nSPS) is 12.6. The van der Waals surface area contributed by atoms with E-state index in [1.807, 2.05) is 54.6 Å². The number of hydrogen-bond acceptors (Lipinski definition) is 3. The number of benzene rings is 3. The summed E-state index contributed by atoms with van der Waals surface area (Å²) in [6, 6.07) is 24.7. The van der Waals surface area contributed by atoms with Crippen molar-refractivity contribution in [1.29, 1.82) is 0 Å². The summed E-state index contributed by atoms with van der Waals surface area (Å²) in [5.41, 5.74) is 2.99. The summed E-state index contributed by atoms with van der Waals surface area (Å²) in [6.45, 7) is 4.03. The average molecular weight is 515 g/mol. The Balaban J connectivity index is 1.78. The molecule has 0 bridgehead atoms. The largest absolute Gasteiger partial charge is 0.313 e. The van der Waals surface area contributed by atoms with Crippen LogP contribution in [0.2, 0.25) is 0 Å². The molecule has 0 aliphatic carbocycles. The van der Waals surface area contributed by atoms with Gasteiger partial charge in [0.1, 0.15) is 0 Å². The lowest BCUT2D eigenvalue weighted by molar-refractivity contribution is 0.580. The maximum atomic E-state index is 13.6. The quantitative estimate of drug-likeness (QED) is 0.268. The van der Waals surface area contributed by atoms with E-state index in [2.05, 4.69) is 28.2 Å². The minimum absolute atomic E-state index is 0.361. The Hall–Kier alpha value is -1.95. The number of unbranched alkanes of at least 4 members (excludes halogenated alkanes) is 3. The molecule has 0 amide bonds. The Morgan fingerprint density at radius 2 is 1.47 bits per heavy atom. The van der Waals surface area contributed by atoms with Crippen LogP contribution in [0.5, 0.6) is 0 Å². The van der Waals surface area contributed by atoms with Crippen LogP contribution in [0.3, 0.4) is 0 Å². The SMILES string of the molecule is CCCCCCNCc1ccc(C(Cc2ccc(Br)cc2)S(=O)(=O)c2ccccc2)cc1. The maximum Gasteiger partial charge on any atom is 0.185 e. The molecule has 0 aliphatic heterocycles. The summed E-state index contributed by atoms with van der Waals surface area (Å²) in [4.78, 5) is 0.361. The van der Waals surface area contributed by atoms with Crippen molar-refractivity contribution in [2.45, 2.75) is 55.7 Å². The van der Waals surface area contributed by atoms with Crippen LogP contribution in [0.25, 0.3) is 0 Å². The first-order valence-electron chi connectivity index (χ1n) is 11.3. The van der Waals surface area contributed by atoms with Crippen LogP contribution in [0, 0.1) is 0 Å². The molecule has 1 N–H and O–H groups in total. The lowest BCUT2D eigenvalue weighted by Gasteiger charge is -2.19. The molecular weight excluding hydrogens is 482 g/mol. The third-order valence-electron chi connectivity index (χ3n) is 5.67. The van der Waals surface area contributed by atoms with Gasteiger partial charge in [0.05, 0.1) is 10.1 Å². The van der Waals surface area contributed by atoms with Crippen molar-refractivity contribution in [3.05, 3.63) is 100 Å². The van der Waals surface area contributed by atoms with E-state index in [4.69, 9.17) is 0 Å². The van der Waals surface area contributed by atoms with E-state index in [0.29, 0.717) is 11.3 Å². The fourth-order valence-corrected chi connectivity index (χ4v) is 5.83. The van der Waals surface area contributed by atoms with Crippen molar-refractivity contribution in [1.82, 2.24) is 5.32 Å². The smallest absolute Gasteiger partial charge is 0.185 e. The van der Waals surface area contributed by atoms with Crippen LogP contribution in [-0.4, -0.2) is 15.0 Å². The number of hydrogen-bond donors (Lipinski definition) is 1. The molecule has 1 unspecified atom stereocenters. The van der Waals surface area contributed by atoms with Crippen molar-refractivity contribution in [2.75, 3.05) is 6.54 Å².